The summed E-state index contributed by atoms with van der Waals surface area (Å²) in [5.41, 5.74) is 0.748. The van der Waals surface area contributed by atoms with E-state index in [-0.39, 0.29) is 0 Å². The Hall–Kier alpha value is -1.69. The van der Waals surface area contributed by atoms with Gasteiger partial charge in [0.2, 0.25) is 11.7 Å². The molecule has 1 aliphatic carbocycles. The normalized spacial score (nSPS) is 15.4. The zero-order chi connectivity index (χ0) is 11.7. The van der Waals surface area contributed by atoms with Crippen LogP contribution in [0.25, 0.3) is 11.5 Å². The van der Waals surface area contributed by atoms with E-state index >= 15 is 0 Å². The van der Waals surface area contributed by atoms with Crippen molar-refractivity contribution in [3.05, 3.63) is 18.2 Å². The van der Waals surface area contributed by atoms with Gasteiger partial charge in [-0.25, -0.2) is 0 Å². The topological polar surface area (TPSA) is 68.8 Å². The van der Waals surface area contributed by atoms with Crippen molar-refractivity contribution < 1.29 is 4.52 Å². The SMILES string of the molecule is Cn1ccc(-c2noc(CCNC3CC3)n2)n1. The first-order valence-electron chi connectivity index (χ1n) is 5.87. The Bertz CT molecular complexity index is 499. The van der Waals surface area contributed by atoms with Crippen LogP contribution in [0.5, 0.6) is 0 Å². The molecule has 1 fully saturated rings. The van der Waals surface area contributed by atoms with Gasteiger partial charge in [-0.1, -0.05) is 5.16 Å². The van der Waals surface area contributed by atoms with Crippen molar-refractivity contribution >= 4 is 0 Å². The molecule has 0 saturated heterocycles. The average Bonchev–Trinajstić information content (AvgIpc) is 2.85. The summed E-state index contributed by atoms with van der Waals surface area (Å²) in [7, 11) is 1.87. The van der Waals surface area contributed by atoms with E-state index in [0.717, 1.165) is 18.7 Å². The van der Waals surface area contributed by atoms with E-state index in [4.69, 9.17) is 4.52 Å². The van der Waals surface area contributed by atoms with E-state index in [2.05, 4.69) is 20.6 Å². The van der Waals surface area contributed by atoms with Crippen LogP contribution in [0.1, 0.15) is 18.7 Å². The van der Waals surface area contributed by atoms with Gasteiger partial charge in [0, 0.05) is 32.3 Å². The standard InChI is InChI=1S/C11H15N5O/c1-16-7-5-9(14-16)11-13-10(17-15-11)4-6-12-8-2-3-8/h5,7-8,12H,2-4,6H2,1H3. The van der Waals surface area contributed by atoms with Crippen LogP contribution >= 0.6 is 0 Å². The first-order chi connectivity index (χ1) is 8.31. The number of hydrogen-bond acceptors (Lipinski definition) is 5. The molecule has 6 nitrogen and oxygen atoms in total. The average molecular weight is 233 g/mol. The predicted molar refractivity (Wildman–Crippen MR) is 61.2 cm³/mol. The Balaban J connectivity index is 1.61. The van der Waals surface area contributed by atoms with Crippen molar-refractivity contribution in [2.24, 2.45) is 7.05 Å². The molecular weight excluding hydrogens is 218 g/mol. The van der Waals surface area contributed by atoms with Gasteiger partial charge in [0.1, 0.15) is 5.69 Å². The van der Waals surface area contributed by atoms with Crippen molar-refractivity contribution in [2.75, 3.05) is 6.54 Å². The molecule has 0 radical (unpaired) electrons. The van der Waals surface area contributed by atoms with Crippen LogP contribution in [-0.4, -0.2) is 32.5 Å². The summed E-state index contributed by atoms with van der Waals surface area (Å²) in [5, 5.41) is 11.6. The second-order valence-corrected chi connectivity index (χ2v) is 4.36. The van der Waals surface area contributed by atoms with Crippen LogP contribution in [0.4, 0.5) is 0 Å². The molecule has 2 aromatic rings. The predicted octanol–water partition coefficient (Wildman–Crippen LogP) is 0.765. The summed E-state index contributed by atoms with van der Waals surface area (Å²) in [6, 6.07) is 2.59. The number of nitrogens with zero attached hydrogens (tertiary/aromatic N) is 4. The fourth-order valence-electron chi connectivity index (χ4n) is 1.67. The Labute approximate surface area is 99.0 Å². The van der Waals surface area contributed by atoms with E-state index in [1.165, 1.54) is 12.8 Å². The fraction of sp³-hybridized carbons (Fsp3) is 0.545. The maximum absolute atomic E-state index is 5.18. The van der Waals surface area contributed by atoms with E-state index in [1.54, 1.807) is 4.68 Å². The van der Waals surface area contributed by atoms with Gasteiger partial charge in [-0.15, -0.1) is 0 Å². The van der Waals surface area contributed by atoms with Crippen LogP contribution < -0.4 is 5.32 Å². The van der Waals surface area contributed by atoms with Gasteiger partial charge < -0.3 is 9.84 Å². The highest BCUT2D eigenvalue weighted by Crippen LogP contribution is 2.18. The van der Waals surface area contributed by atoms with Crippen LogP contribution in [0, 0.1) is 0 Å². The van der Waals surface area contributed by atoms with Crippen LogP contribution in [-0.2, 0) is 13.5 Å². The van der Waals surface area contributed by atoms with Gasteiger partial charge in [-0.2, -0.15) is 10.1 Å². The quantitative estimate of drug-likeness (QED) is 0.826. The van der Waals surface area contributed by atoms with Crippen LogP contribution in [0.15, 0.2) is 16.8 Å². The third kappa shape index (κ3) is 2.52. The second kappa shape index (κ2) is 4.29. The summed E-state index contributed by atoms with van der Waals surface area (Å²) in [4.78, 5) is 4.32. The van der Waals surface area contributed by atoms with E-state index in [0.29, 0.717) is 17.8 Å². The van der Waals surface area contributed by atoms with Gasteiger partial charge in [0.25, 0.3) is 0 Å². The van der Waals surface area contributed by atoms with Gasteiger partial charge in [-0.05, 0) is 18.9 Å². The highest BCUT2D eigenvalue weighted by molar-refractivity contribution is 5.46. The molecule has 1 aliphatic rings. The molecule has 1 N–H and O–H groups in total. The number of rotatable bonds is 5. The van der Waals surface area contributed by atoms with Crippen molar-refractivity contribution in [3.63, 3.8) is 0 Å². The molecule has 6 heteroatoms. The van der Waals surface area contributed by atoms with E-state index in [1.807, 2.05) is 19.3 Å². The molecule has 2 heterocycles. The number of aromatic nitrogens is 4. The fourth-order valence-corrected chi connectivity index (χ4v) is 1.67. The highest BCUT2D eigenvalue weighted by Gasteiger charge is 2.20. The van der Waals surface area contributed by atoms with Crippen molar-refractivity contribution in [1.82, 2.24) is 25.2 Å². The smallest absolute Gasteiger partial charge is 0.228 e. The van der Waals surface area contributed by atoms with Gasteiger partial charge >= 0.3 is 0 Å². The molecular formula is C11H15N5O. The highest BCUT2D eigenvalue weighted by atomic mass is 16.5. The first-order valence-corrected chi connectivity index (χ1v) is 5.87. The molecule has 2 aromatic heterocycles. The zero-order valence-corrected chi connectivity index (χ0v) is 9.76. The summed E-state index contributed by atoms with van der Waals surface area (Å²) in [5.74, 6) is 1.23. The monoisotopic (exact) mass is 233 g/mol. The van der Waals surface area contributed by atoms with Crippen molar-refractivity contribution in [1.29, 1.82) is 0 Å². The minimum absolute atomic E-state index is 0.562. The Morgan fingerprint density at radius 2 is 2.41 bits per heavy atom. The first kappa shape index (κ1) is 10.5. The lowest BCUT2D eigenvalue weighted by Gasteiger charge is -1.96. The van der Waals surface area contributed by atoms with Crippen LogP contribution in [0.2, 0.25) is 0 Å². The zero-order valence-electron chi connectivity index (χ0n) is 9.76. The summed E-state index contributed by atoms with van der Waals surface area (Å²) in [6.07, 6.45) is 5.22. The van der Waals surface area contributed by atoms with E-state index < -0.39 is 0 Å². The van der Waals surface area contributed by atoms with Gasteiger partial charge in [-0.3, -0.25) is 4.68 Å². The summed E-state index contributed by atoms with van der Waals surface area (Å²) >= 11 is 0. The molecule has 0 atom stereocenters. The van der Waals surface area contributed by atoms with Gasteiger partial charge in [0.15, 0.2) is 0 Å². The molecule has 3 rings (SSSR count). The van der Waals surface area contributed by atoms with Gasteiger partial charge in [0.05, 0.1) is 0 Å². The van der Waals surface area contributed by atoms with Crippen molar-refractivity contribution in [2.45, 2.75) is 25.3 Å². The molecule has 90 valence electrons. The largest absolute Gasteiger partial charge is 0.339 e. The van der Waals surface area contributed by atoms with E-state index in [9.17, 15) is 0 Å². The summed E-state index contributed by atoms with van der Waals surface area (Å²) < 4.78 is 6.90. The lowest BCUT2D eigenvalue weighted by Crippen LogP contribution is -2.19. The Morgan fingerprint density at radius 3 is 3.12 bits per heavy atom. The Morgan fingerprint density at radius 1 is 1.53 bits per heavy atom. The lowest BCUT2D eigenvalue weighted by atomic mass is 10.4. The molecule has 0 aliphatic heterocycles. The molecule has 0 unspecified atom stereocenters. The van der Waals surface area contributed by atoms with Crippen LogP contribution in [0.3, 0.4) is 0 Å². The molecule has 1 saturated carbocycles. The third-order valence-corrected chi connectivity index (χ3v) is 2.76. The molecule has 0 amide bonds. The Kier molecular flexibility index (Phi) is 2.64. The maximum atomic E-state index is 5.18. The minimum atomic E-state index is 0.562. The molecule has 0 bridgehead atoms. The maximum Gasteiger partial charge on any atom is 0.228 e. The summed E-state index contributed by atoms with van der Waals surface area (Å²) in [6.45, 7) is 0.897. The minimum Gasteiger partial charge on any atom is -0.339 e. The number of aryl methyl sites for hydroxylation is 1. The number of nitrogens with one attached hydrogen (secondary N) is 1. The molecule has 0 spiro atoms. The molecule has 0 aromatic carbocycles. The molecule has 17 heavy (non-hydrogen) atoms. The second-order valence-electron chi connectivity index (χ2n) is 4.36. The third-order valence-electron chi connectivity index (χ3n) is 2.76. The lowest BCUT2D eigenvalue weighted by molar-refractivity contribution is 0.376. The van der Waals surface area contributed by atoms with Crippen molar-refractivity contribution in [3.8, 4) is 11.5 Å². The number of hydrogen-bond donors (Lipinski definition) is 1.